The summed E-state index contributed by atoms with van der Waals surface area (Å²) in [6.45, 7) is -9.68. The Morgan fingerprint density at radius 2 is 1.44 bits per heavy atom. The molecule has 0 saturated carbocycles. The highest BCUT2D eigenvalue weighted by Gasteiger charge is 2.56. The highest BCUT2D eigenvalue weighted by atomic mass is 32.7. The van der Waals surface area contributed by atoms with Crippen molar-refractivity contribution in [2.75, 3.05) is 18.1 Å². The van der Waals surface area contributed by atoms with Crippen LogP contribution in [0.15, 0.2) is 25.3 Å². The zero-order valence-electron chi connectivity index (χ0n) is 21.2. The molecule has 4 aromatic heterocycles. The van der Waals surface area contributed by atoms with Crippen LogP contribution in [0.25, 0.3) is 22.3 Å². The van der Waals surface area contributed by atoms with E-state index in [1.54, 1.807) is 0 Å². The van der Waals surface area contributed by atoms with Crippen molar-refractivity contribution in [2.45, 2.75) is 49.4 Å². The van der Waals surface area contributed by atoms with Crippen LogP contribution in [0.3, 0.4) is 0 Å². The van der Waals surface area contributed by atoms with Crippen LogP contribution in [0.5, 0.6) is 0 Å². The molecule has 10 atom stereocenters. The van der Waals surface area contributed by atoms with Crippen molar-refractivity contribution in [3.8, 4) is 0 Å². The Kier molecular flexibility index (Phi) is 7.18. The van der Waals surface area contributed by atoms with Gasteiger partial charge >= 0.3 is 13.5 Å². The van der Waals surface area contributed by atoms with Crippen molar-refractivity contribution in [3.63, 3.8) is 0 Å². The Morgan fingerprint density at radius 1 is 0.884 bits per heavy atom. The number of rotatable bonds is 2. The number of nitrogens with two attached hydrogens (primary N) is 2. The van der Waals surface area contributed by atoms with Crippen LogP contribution in [-0.4, -0.2) is 87.5 Å². The first-order chi connectivity index (χ1) is 20.4. The Bertz CT molecular complexity index is 1820. The first-order valence-corrected chi connectivity index (χ1v) is 17.5. The molecule has 0 aliphatic carbocycles. The van der Waals surface area contributed by atoms with Crippen LogP contribution in [-0.2, 0) is 43.9 Å². The lowest BCUT2D eigenvalue weighted by molar-refractivity contribution is -0.125. The largest absolute Gasteiger partial charge is 0.386 e. The Morgan fingerprint density at radius 3 is 2.05 bits per heavy atom. The van der Waals surface area contributed by atoms with Crippen molar-refractivity contribution in [1.29, 1.82) is 0 Å². The number of fused-ring (bicyclic) bond motifs is 6. The number of aromatic nitrogens is 8. The van der Waals surface area contributed by atoms with Crippen molar-refractivity contribution < 1.29 is 45.8 Å². The van der Waals surface area contributed by atoms with Gasteiger partial charge in [0.05, 0.1) is 19.3 Å². The van der Waals surface area contributed by atoms with Crippen LogP contribution in [0.1, 0.15) is 12.5 Å². The first kappa shape index (κ1) is 29.2. The van der Waals surface area contributed by atoms with Gasteiger partial charge in [-0.1, -0.05) is 12.2 Å². The van der Waals surface area contributed by atoms with Gasteiger partial charge in [-0.2, -0.15) is 0 Å². The summed E-state index contributed by atoms with van der Waals surface area (Å²) in [7, 11) is 0. The van der Waals surface area contributed by atoms with E-state index in [4.69, 9.17) is 50.8 Å². The van der Waals surface area contributed by atoms with Gasteiger partial charge in [0, 0.05) is 0 Å². The average Bonchev–Trinajstić information content (AvgIpc) is 3.70. The number of halogens is 2. The number of nitrogen functional groups attached to an aromatic ring is 2. The van der Waals surface area contributed by atoms with Crippen molar-refractivity contribution in [1.82, 2.24) is 39.0 Å². The van der Waals surface area contributed by atoms with Gasteiger partial charge in [0.2, 0.25) is 6.29 Å². The molecule has 24 heteroatoms. The van der Waals surface area contributed by atoms with Crippen molar-refractivity contribution in [2.24, 2.45) is 0 Å². The van der Waals surface area contributed by atoms with E-state index in [0.717, 1.165) is 12.7 Å². The molecule has 230 valence electrons. The van der Waals surface area contributed by atoms with E-state index in [-0.39, 0.29) is 34.0 Å². The van der Waals surface area contributed by atoms with E-state index in [0.29, 0.717) is 0 Å². The molecule has 43 heavy (non-hydrogen) atoms. The summed E-state index contributed by atoms with van der Waals surface area (Å²) in [6, 6.07) is 0. The number of nitrogens with zero attached hydrogens (tertiary/aromatic N) is 8. The summed E-state index contributed by atoms with van der Waals surface area (Å²) in [4.78, 5) is 35.2. The standard InChI is InChI=1S/C19H20F2N10O8P2S2/c20-7-6-1-34-40(32,42)37-12-8(21)19(36-18(12)31-5-29-10-14(23)25-3-27-16(10)31)39-41(33,43)38-11(7)17(35-6)30-4-28-9-13(22)24-2-26-15(9)30/h2-8,11-12,17-19H,1H2,(H,32,42)(H,33,43)(H2,22,24,26)(H2,23,25,27)/t6-,7-,8+,11-,12-,17-,18-,19-,40?,41?/m1/s1. The Hall–Kier alpha value is -2.49. The fraction of sp³-hybridized carbons (Fsp3) is 0.474. The average molecular weight is 681 g/mol. The lowest BCUT2D eigenvalue weighted by atomic mass is 10.1. The van der Waals surface area contributed by atoms with Crippen LogP contribution in [0.2, 0.25) is 0 Å². The molecule has 0 spiro atoms. The monoisotopic (exact) mass is 680 g/mol. The molecule has 0 radical (unpaired) electrons. The van der Waals surface area contributed by atoms with Gasteiger partial charge < -0.3 is 25.8 Å². The molecular formula is C19H20F2N10O8P2S2. The molecule has 4 bridgehead atoms. The van der Waals surface area contributed by atoms with Crippen LogP contribution in [0.4, 0.5) is 20.4 Å². The third-order valence-corrected chi connectivity index (χ3v) is 9.98. The molecule has 4 aromatic rings. The second kappa shape index (κ2) is 10.6. The van der Waals surface area contributed by atoms with E-state index >= 15 is 8.78 Å². The molecule has 0 amide bonds. The number of anilines is 2. The highest BCUT2D eigenvalue weighted by Crippen LogP contribution is 2.60. The van der Waals surface area contributed by atoms with Crippen LogP contribution in [0, 0.1) is 0 Å². The van der Waals surface area contributed by atoms with Gasteiger partial charge in [0.25, 0.3) is 0 Å². The minimum Gasteiger partial charge on any atom is -0.382 e. The second-order valence-corrected chi connectivity index (χ2v) is 15.1. The number of hydrogen-bond donors (Lipinski definition) is 4. The smallest absolute Gasteiger partial charge is 0.382 e. The molecule has 7 rings (SSSR count). The molecule has 3 aliphatic heterocycles. The molecule has 7 heterocycles. The van der Waals surface area contributed by atoms with Gasteiger partial charge in [-0.15, -0.1) is 0 Å². The maximum atomic E-state index is 15.9. The summed E-state index contributed by atoms with van der Waals surface area (Å²) in [5.41, 5.74) is 12.3. The van der Waals surface area contributed by atoms with E-state index in [9.17, 15) is 9.46 Å². The summed E-state index contributed by atoms with van der Waals surface area (Å²) in [5.74, 6) is 0.0668. The molecule has 0 aromatic carbocycles. The van der Waals surface area contributed by atoms with E-state index in [1.807, 2.05) is 0 Å². The third kappa shape index (κ3) is 5.09. The van der Waals surface area contributed by atoms with Gasteiger partial charge in [0.1, 0.15) is 42.0 Å². The minimum atomic E-state index is -4.52. The van der Waals surface area contributed by atoms with E-state index in [2.05, 4.69) is 42.2 Å². The maximum Gasteiger partial charge on any atom is 0.386 e. The third-order valence-electron chi connectivity index (χ3n) is 6.86. The fourth-order valence-electron chi connectivity index (χ4n) is 4.96. The van der Waals surface area contributed by atoms with E-state index in [1.165, 1.54) is 21.8 Å². The summed E-state index contributed by atoms with van der Waals surface area (Å²) < 4.78 is 80.9. The number of imidazole rings is 2. The zero-order chi connectivity index (χ0) is 30.3. The van der Waals surface area contributed by atoms with Gasteiger partial charge in [-0.25, -0.2) is 43.2 Å². The molecule has 3 fully saturated rings. The SMILES string of the molecule is Nc1ncnc2c1ncn2[C@@H]1O[C@@H]2OP(O)(=S)O[C@@H]3[C@H](F)[C@@H](COP(=O)(S)O[C@@H]1[C@@H]2F)O[C@H]3n1cnc2c(N)ncnc21. The number of thiol groups is 1. The summed E-state index contributed by atoms with van der Waals surface area (Å²) >= 11 is 9.11. The maximum absolute atomic E-state index is 15.9. The van der Waals surface area contributed by atoms with Crippen molar-refractivity contribution >= 4 is 71.5 Å². The molecule has 3 saturated heterocycles. The minimum absolute atomic E-state index is 0.0269. The molecular weight excluding hydrogens is 660 g/mol. The molecule has 2 unspecified atom stereocenters. The highest BCUT2D eigenvalue weighted by molar-refractivity contribution is 8.44. The molecule has 5 N–H and O–H groups in total. The fourth-order valence-corrected chi connectivity index (χ4v) is 7.97. The Labute approximate surface area is 249 Å². The first-order valence-electron chi connectivity index (χ1n) is 12.2. The number of alkyl halides is 2. The van der Waals surface area contributed by atoms with Gasteiger partial charge in [0.15, 0.2) is 47.7 Å². The predicted molar refractivity (Wildman–Crippen MR) is 147 cm³/mol. The lowest BCUT2D eigenvalue weighted by Crippen LogP contribution is -2.32. The van der Waals surface area contributed by atoms with Gasteiger partial charge in [-0.05, 0) is 11.8 Å². The second-order valence-electron chi connectivity index (χ2n) is 9.49. The summed E-state index contributed by atoms with van der Waals surface area (Å²) in [5, 5.41) is 0. The quantitative estimate of drug-likeness (QED) is 0.173. The lowest BCUT2D eigenvalue weighted by Gasteiger charge is -2.27. The van der Waals surface area contributed by atoms with E-state index < -0.39 is 69.5 Å². The molecule has 18 nitrogen and oxygen atoms in total. The van der Waals surface area contributed by atoms with Crippen LogP contribution >= 0.6 is 25.8 Å². The Balaban J connectivity index is 1.26. The van der Waals surface area contributed by atoms with Gasteiger partial charge in [-0.3, -0.25) is 27.2 Å². The predicted octanol–water partition coefficient (Wildman–Crippen LogP) is 1.33. The number of hydrogen-bond acceptors (Lipinski definition) is 16. The number of ether oxygens (including phenoxy) is 2. The molecule has 3 aliphatic rings. The zero-order valence-corrected chi connectivity index (χ0v) is 24.7. The van der Waals surface area contributed by atoms with Crippen LogP contribution < -0.4 is 11.5 Å². The summed E-state index contributed by atoms with van der Waals surface area (Å²) in [6.07, 6.45) is -9.25. The topological polar surface area (TPSA) is 232 Å². The normalized spacial score (nSPS) is 38.6. The van der Waals surface area contributed by atoms with Crippen molar-refractivity contribution in [3.05, 3.63) is 25.3 Å².